The summed E-state index contributed by atoms with van der Waals surface area (Å²) in [5.74, 6) is 1.88. The molecule has 2 heterocycles. The summed E-state index contributed by atoms with van der Waals surface area (Å²) in [4.78, 5) is 25.2. The molecule has 10 aromatic rings. The van der Waals surface area contributed by atoms with E-state index in [0.29, 0.717) is 23.0 Å². The molecule has 0 atom stereocenters. The zero-order chi connectivity index (χ0) is 38.8. The van der Waals surface area contributed by atoms with Crippen LogP contribution in [0.1, 0.15) is 5.56 Å². The van der Waals surface area contributed by atoms with Crippen LogP contribution in [0.5, 0.6) is 0 Å². The first-order valence-corrected chi connectivity index (χ1v) is 19.1. The smallest absolute Gasteiger partial charge is 0.164 e. The third-order valence-electron chi connectivity index (χ3n) is 10.4. The molecule has 0 bridgehead atoms. The predicted molar refractivity (Wildman–Crippen MR) is 233 cm³/mol. The zero-order valence-electron chi connectivity index (χ0n) is 31.2. The number of nitrogens with zero attached hydrogens (tertiary/aromatic N) is 6. The van der Waals surface area contributed by atoms with Crippen LogP contribution in [0.25, 0.3) is 101 Å². The number of hydrogen-bond donors (Lipinski definition) is 0. The molecule has 0 aliphatic carbocycles. The summed E-state index contributed by atoms with van der Waals surface area (Å²) in [6, 6.07) is 67.6. The first kappa shape index (κ1) is 34.4. The third kappa shape index (κ3) is 6.53. The molecule has 0 amide bonds. The largest absolute Gasteiger partial charge is 0.244 e. The van der Waals surface area contributed by atoms with Gasteiger partial charge in [0.05, 0.1) is 34.1 Å². The van der Waals surface area contributed by atoms with Crippen molar-refractivity contribution in [2.45, 2.75) is 0 Å². The average Bonchev–Trinajstić information content (AvgIpc) is 3.31. The number of aromatic nitrogens is 5. The summed E-state index contributed by atoms with van der Waals surface area (Å²) in [7, 11) is 0. The molecule has 2 aromatic heterocycles. The van der Waals surface area contributed by atoms with Crippen LogP contribution < -0.4 is 0 Å². The van der Waals surface area contributed by atoms with E-state index >= 15 is 0 Å². The fraction of sp³-hybridized carbons (Fsp3) is 0. The number of fused-ring (bicyclic) bond motifs is 2. The van der Waals surface area contributed by atoms with Gasteiger partial charge in [-0.1, -0.05) is 170 Å². The lowest BCUT2D eigenvalue weighted by Crippen LogP contribution is -2.00. The Morgan fingerprint density at radius 3 is 1.24 bits per heavy atom. The minimum absolute atomic E-state index is 0.617. The van der Waals surface area contributed by atoms with Crippen molar-refractivity contribution in [3.8, 4) is 85.0 Å². The lowest BCUT2D eigenvalue weighted by Gasteiger charge is -2.15. The van der Waals surface area contributed by atoms with Crippen LogP contribution in [0, 0.1) is 11.3 Å². The number of benzene rings is 8. The van der Waals surface area contributed by atoms with E-state index in [1.807, 2.05) is 109 Å². The summed E-state index contributed by atoms with van der Waals surface area (Å²) in [5.41, 5.74) is 13.0. The monoisotopic (exact) mass is 740 g/mol. The van der Waals surface area contributed by atoms with E-state index in [1.54, 1.807) is 0 Å². The van der Waals surface area contributed by atoms with Gasteiger partial charge in [0.1, 0.15) is 0 Å². The van der Waals surface area contributed by atoms with Crippen molar-refractivity contribution in [2.75, 3.05) is 0 Å². The van der Waals surface area contributed by atoms with E-state index in [-0.39, 0.29) is 0 Å². The zero-order valence-corrected chi connectivity index (χ0v) is 31.2. The normalized spacial score (nSPS) is 11.1. The van der Waals surface area contributed by atoms with Gasteiger partial charge in [-0.2, -0.15) is 5.26 Å². The lowest BCUT2D eigenvalue weighted by molar-refractivity contribution is 1.07. The van der Waals surface area contributed by atoms with Crippen molar-refractivity contribution in [3.05, 3.63) is 200 Å². The second-order valence-electron chi connectivity index (χ2n) is 14.0. The van der Waals surface area contributed by atoms with E-state index in [9.17, 15) is 5.26 Å². The maximum atomic E-state index is 9.25. The van der Waals surface area contributed by atoms with Crippen LogP contribution in [0.3, 0.4) is 0 Å². The first-order valence-electron chi connectivity index (χ1n) is 19.1. The standard InChI is InChI=1S/C52H32N6/c53-33-34-19-21-35(22-20-34)36-23-27-38(28-24-36)48-49(55-47-18-10-9-17-46(47)54-48)45-32-31-42(43-15-7-8-16-44(43)45)37-25-29-41(30-26-37)52-57-50(39-11-3-1-4-12-39)56-51(58-52)40-13-5-2-6-14-40/h1-32H. The summed E-state index contributed by atoms with van der Waals surface area (Å²) < 4.78 is 0. The summed E-state index contributed by atoms with van der Waals surface area (Å²) in [6.07, 6.45) is 0. The van der Waals surface area contributed by atoms with Gasteiger partial charge in [-0.05, 0) is 57.3 Å². The van der Waals surface area contributed by atoms with Gasteiger partial charge < -0.3 is 0 Å². The van der Waals surface area contributed by atoms with Crippen molar-refractivity contribution in [1.29, 1.82) is 5.26 Å². The molecule has 0 aliphatic heterocycles. The van der Waals surface area contributed by atoms with E-state index in [0.717, 1.165) is 83.3 Å². The van der Waals surface area contributed by atoms with E-state index in [2.05, 4.69) is 91.0 Å². The first-order chi connectivity index (χ1) is 28.7. The highest BCUT2D eigenvalue weighted by Crippen LogP contribution is 2.40. The Balaban J connectivity index is 1.05. The van der Waals surface area contributed by atoms with Crippen LogP contribution in [0.4, 0.5) is 0 Å². The molecule has 6 heteroatoms. The molecule has 0 radical (unpaired) electrons. The Morgan fingerprint density at radius 2 is 0.690 bits per heavy atom. The molecule has 0 spiro atoms. The molecule has 0 unspecified atom stereocenters. The molecular formula is C52H32N6. The van der Waals surface area contributed by atoms with Crippen molar-refractivity contribution < 1.29 is 0 Å². The average molecular weight is 741 g/mol. The lowest BCUT2D eigenvalue weighted by atomic mass is 9.92. The Bertz CT molecular complexity index is 3080. The predicted octanol–water partition coefficient (Wildman–Crippen LogP) is 12.5. The Labute approximate surface area is 335 Å². The second kappa shape index (κ2) is 14.8. The van der Waals surface area contributed by atoms with Crippen molar-refractivity contribution in [2.24, 2.45) is 0 Å². The number of para-hydroxylation sites is 2. The van der Waals surface area contributed by atoms with Gasteiger partial charge in [0.15, 0.2) is 17.5 Å². The molecule has 0 saturated heterocycles. The van der Waals surface area contributed by atoms with Gasteiger partial charge in [0, 0.05) is 27.8 Å². The summed E-state index contributed by atoms with van der Waals surface area (Å²) in [6.45, 7) is 0. The van der Waals surface area contributed by atoms with Crippen molar-refractivity contribution in [3.63, 3.8) is 0 Å². The molecule has 6 nitrogen and oxygen atoms in total. The topological polar surface area (TPSA) is 88.2 Å². The summed E-state index contributed by atoms with van der Waals surface area (Å²) >= 11 is 0. The molecule has 0 aliphatic rings. The van der Waals surface area contributed by atoms with E-state index < -0.39 is 0 Å². The number of nitriles is 1. The summed E-state index contributed by atoms with van der Waals surface area (Å²) in [5, 5.41) is 11.5. The van der Waals surface area contributed by atoms with Gasteiger partial charge >= 0.3 is 0 Å². The van der Waals surface area contributed by atoms with E-state index in [4.69, 9.17) is 24.9 Å². The highest BCUT2D eigenvalue weighted by Gasteiger charge is 2.18. The Morgan fingerprint density at radius 1 is 0.293 bits per heavy atom. The van der Waals surface area contributed by atoms with Gasteiger partial charge in [0.25, 0.3) is 0 Å². The van der Waals surface area contributed by atoms with Gasteiger partial charge in [0.2, 0.25) is 0 Å². The van der Waals surface area contributed by atoms with Crippen LogP contribution in [0.15, 0.2) is 194 Å². The van der Waals surface area contributed by atoms with E-state index in [1.165, 1.54) is 0 Å². The fourth-order valence-electron chi connectivity index (χ4n) is 7.44. The van der Waals surface area contributed by atoms with Crippen LogP contribution in [-0.2, 0) is 0 Å². The highest BCUT2D eigenvalue weighted by molar-refractivity contribution is 6.06. The Kier molecular flexibility index (Phi) is 8.79. The maximum absolute atomic E-state index is 9.25. The SMILES string of the molecule is N#Cc1ccc(-c2ccc(-c3nc4ccccc4nc3-c3ccc(-c4ccc(-c5nc(-c6ccccc6)nc(-c6ccccc6)n5)cc4)c4ccccc34)cc2)cc1. The minimum atomic E-state index is 0.617. The molecule has 58 heavy (non-hydrogen) atoms. The van der Waals surface area contributed by atoms with Crippen LogP contribution in [0.2, 0.25) is 0 Å². The molecular weight excluding hydrogens is 709 g/mol. The molecule has 8 aromatic carbocycles. The van der Waals surface area contributed by atoms with Crippen LogP contribution >= 0.6 is 0 Å². The number of hydrogen-bond acceptors (Lipinski definition) is 6. The number of rotatable bonds is 7. The minimum Gasteiger partial charge on any atom is -0.244 e. The molecule has 0 fully saturated rings. The van der Waals surface area contributed by atoms with Crippen molar-refractivity contribution >= 4 is 21.8 Å². The van der Waals surface area contributed by atoms with Gasteiger partial charge in [-0.3, -0.25) is 0 Å². The second-order valence-corrected chi connectivity index (χ2v) is 14.0. The van der Waals surface area contributed by atoms with Gasteiger partial charge in [-0.25, -0.2) is 24.9 Å². The molecule has 0 N–H and O–H groups in total. The van der Waals surface area contributed by atoms with Gasteiger partial charge in [-0.15, -0.1) is 0 Å². The maximum Gasteiger partial charge on any atom is 0.164 e. The quantitative estimate of drug-likeness (QED) is 0.162. The fourth-order valence-corrected chi connectivity index (χ4v) is 7.44. The van der Waals surface area contributed by atoms with Crippen LogP contribution in [-0.4, -0.2) is 24.9 Å². The third-order valence-corrected chi connectivity index (χ3v) is 10.4. The molecule has 270 valence electrons. The van der Waals surface area contributed by atoms with Crippen molar-refractivity contribution in [1.82, 2.24) is 24.9 Å². The molecule has 0 saturated carbocycles. The molecule has 10 rings (SSSR count). The highest BCUT2D eigenvalue weighted by atomic mass is 15.0. The Hall–Kier alpha value is -8.14.